The molecule has 2 aromatic carbocycles. The van der Waals surface area contributed by atoms with Gasteiger partial charge in [-0.15, -0.1) is 0 Å². The van der Waals surface area contributed by atoms with Crippen molar-refractivity contribution in [2.24, 2.45) is 0 Å². The van der Waals surface area contributed by atoms with E-state index in [9.17, 15) is 9.59 Å². The highest BCUT2D eigenvalue weighted by molar-refractivity contribution is 6.30. The predicted octanol–water partition coefficient (Wildman–Crippen LogP) is 4.47. The number of carbonyl (C=O) groups excluding carboxylic acids is 1. The number of hydrogen-bond acceptors (Lipinski definition) is 4. The van der Waals surface area contributed by atoms with Crippen LogP contribution in [0.1, 0.15) is 27.2 Å². The highest BCUT2D eigenvalue weighted by Crippen LogP contribution is 2.18. The van der Waals surface area contributed by atoms with Gasteiger partial charge in [-0.05, 0) is 67.1 Å². The standard InChI is InChI=1S/C23H17ClN2O3/c1-15-2-11-21-25-19(12-22(27)26(21)13-15)14-29-20-9-5-17(6-10-20)23(28)16-3-7-18(24)8-4-16/h2-13H,14H2,1H3. The summed E-state index contributed by atoms with van der Waals surface area (Å²) in [5.74, 6) is 0.497. The second kappa shape index (κ2) is 7.89. The minimum Gasteiger partial charge on any atom is -0.487 e. The smallest absolute Gasteiger partial charge is 0.258 e. The average molecular weight is 405 g/mol. The van der Waals surface area contributed by atoms with E-state index in [2.05, 4.69) is 4.98 Å². The lowest BCUT2D eigenvalue weighted by Gasteiger charge is -2.08. The highest BCUT2D eigenvalue weighted by Gasteiger charge is 2.09. The van der Waals surface area contributed by atoms with Crippen LogP contribution >= 0.6 is 11.6 Å². The van der Waals surface area contributed by atoms with Gasteiger partial charge in [-0.25, -0.2) is 4.98 Å². The molecule has 0 aliphatic carbocycles. The molecular weight excluding hydrogens is 388 g/mol. The first kappa shape index (κ1) is 18.9. The van der Waals surface area contributed by atoms with Crippen molar-refractivity contribution in [3.05, 3.63) is 111 Å². The summed E-state index contributed by atoms with van der Waals surface area (Å²) in [5.41, 5.74) is 3.07. The molecule has 0 unspecified atom stereocenters. The summed E-state index contributed by atoms with van der Waals surface area (Å²) in [4.78, 5) is 29.2. The van der Waals surface area contributed by atoms with Crippen LogP contribution in [0.15, 0.2) is 77.7 Å². The fourth-order valence-corrected chi connectivity index (χ4v) is 3.09. The first-order chi connectivity index (χ1) is 14.0. The van der Waals surface area contributed by atoms with Crippen LogP contribution in [0.3, 0.4) is 0 Å². The van der Waals surface area contributed by atoms with Gasteiger partial charge in [0.2, 0.25) is 0 Å². The third kappa shape index (κ3) is 4.20. The first-order valence-corrected chi connectivity index (χ1v) is 9.39. The van der Waals surface area contributed by atoms with Crippen LogP contribution in [-0.4, -0.2) is 15.2 Å². The number of aromatic nitrogens is 2. The summed E-state index contributed by atoms with van der Waals surface area (Å²) >= 11 is 5.86. The van der Waals surface area contributed by atoms with E-state index < -0.39 is 0 Å². The first-order valence-electron chi connectivity index (χ1n) is 9.02. The maximum atomic E-state index is 12.5. The molecule has 2 aromatic heterocycles. The Labute approximate surface area is 172 Å². The van der Waals surface area contributed by atoms with Crippen LogP contribution < -0.4 is 10.3 Å². The zero-order valence-electron chi connectivity index (χ0n) is 15.6. The number of benzene rings is 2. The number of hydrogen-bond donors (Lipinski definition) is 0. The Kier molecular flexibility index (Phi) is 5.14. The van der Waals surface area contributed by atoms with Crippen molar-refractivity contribution >= 4 is 23.0 Å². The monoisotopic (exact) mass is 404 g/mol. The number of ether oxygens (including phenoxy) is 1. The molecule has 0 saturated carbocycles. The normalized spacial score (nSPS) is 10.8. The minimum absolute atomic E-state index is 0.0901. The molecule has 0 aliphatic rings. The molecule has 5 nitrogen and oxygen atoms in total. The number of aryl methyl sites for hydroxylation is 1. The van der Waals surface area contributed by atoms with Crippen LogP contribution in [0.4, 0.5) is 0 Å². The molecule has 0 N–H and O–H groups in total. The summed E-state index contributed by atoms with van der Waals surface area (Å²) in [6.45, 7) is 2.08. The van der Waals surface area contributed by atoms with Gasteiger partial charge < -0.3 is 4.74 Å². The van der Waals surface area contributed by atoms with Crippen molar-refractivity contribution < 1.29 is 9.53 Å². The van der Waals surface area contributed by atoms with E-state index in [4.69, 9.17) is 16.3 Å². The lowest BCUT2D eigenvalue weighted by molar-refractivity contribution is 0.103. The van der Waals surface area contributed by atoms with Gasteiger partial charge in [0, 0.05) is 28.4 Å². The highest BCUT2D eigenvalue weighted by atomic mass is 35.5. The predicted molar refractivity (Wildman–Crippen MR) is 112 cm³/mol. The zero-order valence-corrected chi connectivity index (χ0v) is 16.4. The average Bonchev–Trinajstić information content (AvgIpc) is 2.73. The Hall–Kier alpha value is -3.44. The third-order valence-electron chi connectivity index (χ3n) is 4.47. The van der Waals surface area contributed by atoms with Gasteiger partial charge in [-0.3, -0.25) is 14.0 Å². The quantitative estimate of drug-likeness (QED) is 0.460. The molecule has 0 saturated heterocycles. The molecule has 0 atom stereocenters. The second-order valence-electron chi connectivity index (χ2n) is 6.67. The van der Waals surface area contributed by atoms with E-state index in [0.29, 0.717) is 33.2 Å². The number of halogens is 1. The summed E-state index contributed by atoms with van der Waals surface area (Å²) in [6.07, 6.45) is 1.76. The summed E-state index contributed by atoms with van der Waals surface area (Å²) < 4.78 is 7.25. The molecule has 0 spiro atoms. The van der Waals surface area contributed by atoms with Crippen molar-refractivity contribution in [3.8, 4) is 5.75 Å². The molecule has 0 aliphatic heterocycles. The molecule has 0 amide bonds. The zero-order chi connectivity index (χ0) is 20.4. The van der Waals surface area contributed by atoms with Crippen LogP contribution in [0.2, 0.25) is 5.02 Å². The Morgan fingerprint density at radius 1 is 1.00 bits per heavy atom. The van der Waals surface area contributed by atoms with Crippen molar-refractivity contribution in [2.75, 3.05) is 0 Å². The van der Waals surface area contributed by atoms with Gasteiger partial charge in [0.05, 0.1) is 5.69 Å². The van der Waals surface area contributed by atoms with Crippen molar-refractivity contribution in [1.29, 1.82) is 0 Å². The lowest BCUT2D eigenvalue weighted by Crippen LogP contribution is -2.16. The lowest BCUT2D eigenvalue weighted by atomic mass is 10.0. The maximum absolute atomic E-state index is 12.5. The number of pyridine rings is 1. The summed E-state index contributed by atoms with van der Waals surface area (Å²) in [5, 5.41) is 0.586. The van der Waals surface area contributed by atoms with Crippen molar-refractivity contribution in [1.82, 2.24) is 9.38 Å². The van der Waals surface area contributed by atoms with Gasteiger partial charge in [0.25, 0.3) is 5.56 Å². The van der Waals surface area contributed by atoms with E-state index in [1.54, 1.807) is 60.8 Å². The van der Waals surface area contributed by atoms with Gasteiger partial charge in [0.1, 0.15) is 18.0 Å². The van der Waals surface area contributed by atoms with Gasteiger partial charge in [0.15, 0.2) is 5.78 Å². The SMILES string of the molecule is Cc1ccc2nc(COc3ccc(C(=O)c4ccc(Cl)cc4)cc3)cc(=O)n2c1. The van der Waals surface area contributed by atoms with E-state index in [0.717, 1.165) is 5.56 Å². The Morgan fingerprint density at radius 2 is 1.66 bits per heavy atom. The largest absolute Gasteiger partial charge is 0.487 e. The van der Waals surface area contributed by atoms with Gasteiger partial charge in [-0.2, -0.15) is 0 Å². The van der Waals surface area contributed by atoms with Gasteiger partial charge in [-0.1, -0.05) is 17.7 Å². The molecule has 6 heteroatoms. The van der Waals surface area contributed by atoms with Crippen LogP contribution in [0, 0.1) is 6.92 Å². The summed E-state index contributed by atoms with van der Waals surface area (Å²) in [7, 11) is 0. The van der Waals surface area contributed by atoms with Crippen LogP contribution in [0.5, 0.6) is 5.75 Å². The number of carbonyl (C=O) groups is 1. The van der Waals surface area contributed by atoms with Crippen molar-refractivity contribution in [2.45, 2.75) is 13.5 Å². The number of rotatable bonds is 5. The molecular formula is C23H17ClN2O3. The molecule has 4 rings (SSSR count). The minimum atomic E-state index is -0.152. The Balaban J connectivity index is 1.47. The Morgan fingerprint density at radius 3 is 2.34 bits per heavy atom. The number of ketones is 1. The summed E-state index contributed by atoms with van der Waals surface area (Å²) in [6, 6.07) is 18.8. The van der Waals surface area contributed by atoms with E-state index in [-0.39, 0.29) is 17.9 Å². The second-order valence-corrected chi connectivity index (χ2v) is 7.11. The third-order valence-corrected chi connectivity index (χ3v) is 4.72. The van der Waals surface area contributed by atoms with E-state index in [1.165, 1.54) is 10.5 Å². The molecule has 0 bridgehead atoms. The van der Waals surface area contributed by atoms with Crippen LogP contribution in [-0.2, 0) is 6.61 Å². The van der Waals surface area contributed by atoms with Crippen molar-refractivity contribution in [3.63, 3.8) is 0 Å². The maximum Gasteiger partial charge on any atom is 0.258 e. The topological polar surface area (TPSA) is 60.7 Å². The van der Waals surface area contributed by atoms with Crippen LogP contribution in [0.25, 0.3) is 5.65 Å². The Bertz CT molecular complexity index is 1250. The fraction of sp³-hybridized carbons (Fsp3) is 0.0870. The molecule has 2 heterocycles. The van der Waals surface area contributed by atoms with Gasteiger partial charge >= 0.3 is 0 Å². The molecule has 29 heavy (non-hydrogen) atoms. The molecule has 0 radical (unpaired) electrons. The molecule has 0 fully saturated rings. The number of nitrogens with zero attached hydrogens (tertiary/aromatic N) is 2. The fourth-order valence-electron chi connectivity index (χ4n) is 2.96. The molecule has 4 aromatic rings. The van der Waals surface area contributed by atoms with E-state index in [1.807, 2.05) is 13.0 Å². The molecule has 144 valence electrons. The van der Waals surface area contributed by atoms with E-state index >= 15 is 0 Å². The number of fused-ring (bicyclic) bond motifs is 1.